The number of ether oxygens (including phenoxy) is 2. The Hall–Kier alpha value is -2.49. The van der Waals surface area contributed by atoms with Crippen LogP contribution in [0, 0.1) is 5.41 Å². The largest absolute Gasteiger partial charge is 0.493 e. The fraction of sp³-hybridized carbons (Fsp3) is 0.188. The van der Waals surface area contributed by atoms with Crippen LogP contribution in [0.15, 0.2) is 48.5 Å². The standard InChI is InChI=1S/C16H16N2O2/c17-16(18)11-4-3-5-13(8-11)19-9-12-10-20-15-7-2-1-6-14(12)15/h1-8,12H,9-10H2,(H3,17,18). The molecule has 1 atom stereocenters. The lowest BCUT2D eigenvalue weighted by atomic mass is 10.0. The van der Waals surface area contributed by atoms with Crippen LogP contribution >= 0.6 is 0 Å². The van der Waals surface area contributed by atoms with Gasteiger partial charge in [-0.05, 0) is 18.2 Å². The van der Waals surface area contributed by atoms with Crippen LogP contribution in [-0.2, 0) is 0 Å². The normalized spacial score (nSPS) is 16.3. The van der Waals surface area contributed by atoms with Crippen molar-refractivity contribution < 1.29 is 9.47 Å². The minimum Gasteiger partial charge on any atom is -0.493 e. The molecule has 3 rings (SSSR count). The SMILES string of the molecule is N=C(N)c1cccc(OCC2COc3ccccc32)c1. The monoisotopic (exact) mass is 268 g/mol. The second-order valence-electron chi connectivity index (χ2n) is 4.80. The lowest BCUT2D eigenvalue weighted by Gasteiger charge is -2.12. The van der Waals surface area contributed by atoms with Crippen LogP contribution in [-0.4, -0.2) is 19.0 Å². The van der Waals surface area contributed by atoms with E-state index in [1.54, 1.807) is 12.1 Å². The summed E-state index contributed by atoms with van der Waals surface area (Å²) in [6, 6.07) is 15.3. The number of amidine groups is 1. The fourth-order valence-electron chi connectivity index (χ4n) is 2.32. The molecular formula is C16H16N2O2. The third-order valence-corrected chi connectivity index (χ3v) is 3.40. The Balaban J connectivity index is 1.69. The molecule has 0 aliphatic carbocycles. The summed E-state index contributed by atoms with van der Waals surface area (Å²) in [6.45, 7) is 1.20. The van der Waals surface area contributed by atoms with Crippen LogP contribution in [0.4, 0.5) is 0 Å². The summed E-state index contributed by atoms with van der Waals surface area (Å²) in [5, 5.41) is 7.43. The number of fused-ring (bicyclic) bond motifs is 1. The third kappa shape index (κ3) is 2.45. The Bertz CT molecular complexity index is 640. The van der Waals surface area contributed by atoms with Crippen molar-refractivity contribution in [3.8, 4) is 11.5 Å². The molecule has 102 valence electrons. The first-order chi connectivity index (χ1) is 9.74. The zero-order valence-corrected chi connectivity index (χ0v) is 11.0. The zero-order valence-electron chi connectivity index (χ0n) is 11.0. The van der Waals surface area contributed by atoms with E-state index in [4.69, 9.17) is 20.6 Å². The summed E-state index contributed by atoms with van der Waals surface area (Å²) in [6.07, 6.45) is 0. The summed E-state index contributed by atoms with van der Waals surface area (Å²) >= 11 is 0. The Labute approximate surface area is 117 Å². The van der Waals surface area contributed by atoms with Crippen molar-refractivity contribution in [3.05, 3.63) is 59.7 Å². The van der Waals surface area contributed by atoms with E-state index in [9.17, 15) is 0 Å². The molecule has 4 heteroatoms. The van der Waals surface area contributed by atoms with E-state index in [0.717, 1.165) is 11.5 Å². The summed E-state index contributed by atoms with van der Waals surface area (Å²) in [7, 11) is 0. The quantitative estimate of drug-likeness (QED) is 0.661. The first-order valence-corrected chi connectivity index (χ1v) is 6.53. The van der Waals surface area contributed by atoms with Gasteiger partial charge in [0, 0.05) is 11.1 Å². The van der Waals surface area contributed by atoms with Gasteiger partial charge < -0.3 is 15.2 Å². The van der Waals surface area contributed by atoms with Gasteiger partial charge in [0.1, 0.15) is 17.3 Å². The van der Waals surface area contributed by atoms with Gasteiger partial charge in [-0.25, -0.2) is 0 Å². The predicted molar refractivity (Wildman–Crippen MR) is 77.6 cm³/mol. The van der Waals surface area contributed by atoms with Crippen molar-refractivity contribution in [1.82, 2.24) is 0 Å². The maximum atomic E-state index is 7.43. The summed E-state index contributed by atoms with van der Waals surface area (Å²) in [5.41, 5.74) is 7.33. The van der Waals surface area contributed by atoms with Gasteiger partial charge in [0.05, 0.1) is 19.1 Å². The molecule has 1 heterocycles. The second kappa shape index (κ2) is 5.25. The highest BCUT2D eigenvalue weighted by Gasteiger charge is 2.24. The first-order valence-electron chi connectivity index (χ1n) is 6.53. The summed E-state index contributed by atoms with van der Waals surface area (Å²) < 4.78 is 11.4. The molecule has 0 saturated heterocycles. The highest BCUT2D eigenvalue weighted by molar-refractivity contribution is 5.95. The zero-order chi connectivity index (χ0) is 13.9. The average molecular weight is 268 g/mol. The van der Waals surface area contributed by atoms with Gasteiger partial charge in [-0.2, -0.15) is 0 Å². The number of nitrogens with two attached hydrogens (primary N) is 1. The van der Waals surface area contributed by atoms with E-state index in [0.29, 0.717) is 18.8 Å². The Morgan fingerprint density at radius 1 is 1.25 bits per heavy atom. The molecule has 0 aromatic heterocycles. The molecule has 0 radical (unpaired) electrons. The van der Waals surface area contributed by atoms with Gasteiger partial charge in [-0.1, -0.05) is 30.3 Å². The topological polar surface area (TPSA) is 68.3 Å². The van der Waals surface area contributed by atoms with Gasteiger partial charge in [0.25, 0.3) is 0 Å². The summed E-state index contributed by atoms with van der Waals surface area (Å²) in [5.74, 6) is 1.96. The van der Waals surface area contributed by atoms with Crippen molar-refractivity contribution in [2.24, 2.45) is 5.73 Å². The number of nitrogen functional groups attached to an aromatic ring is 1. The molecule has 0 fully saturated rings. The number of nitrogens with one attached hydrogen (secondary N) is 1. The Morgan fingerprint density at radius 2 is 2.10 bits per heavy atom. The Morgan fingerprint density at radius 3 is 2.95 bits per heavy atom. The molecule has 20 heavy (non-hydrogen) atoms. The highest BCUT2D eigenvalue weighted by Crippen LogP contribution is 2.33. The van der Waals surface area contributed by atoms with E-state index < -0.39 is 0 Å². The molecule has 3 N–H and O–H groups in total. The van der Waals surface area contributed by atoms with Crippen LogP contribution in [0.1, 0.15) is 17.0 Å². The lowest BCUT2D eigenvalue weighted by Crippen LogP contribution is -2.13. The van der Waals surface area contributed by atoms with Crippen molar-refractivity contribution >= 4 is 5.84 Å². The van der Waals surface area contributed by atoms with Crippen LogP contribution in [0.2, 0.25) is 0 Å². The molecule has 2 aromatic rings. The molecule has 0 amide bonds. The first kappa shape index (κ1) is 12.5. The van der Waals surface area contributed by atoms with E-state index in [2.05, 4.69) is 6.07 Å². The molecule has 0 saturated carbocycles. The molecule has 1 aliphatic heterocycles. The van der Waals surface area contributed by atoms with Crippen LogP contribution in [0.3, 0.4) is 0 Å². The van der Waals surface area contributed by atoms with E-state index >= 15 is 0 Å². The lowest BCUT2D eigenvalue weighted by molar-refractivity contribution is 0.248. The molecule has 0 bridgehead atoms. The smallest absolute Gasteiger partial charge is 0.123 e. The van der Waals surface area contributed by atoms with Crippen LogP contribution in [0.5, 0.6) is 11.5 Å². The highest BCUT2D eigenvalue weighted by atomic mass is 16.5. The average Bonchev–Trinajstić information content (AvgIpc) is 2.89. The van der Waals surface area contributed by atoms with Crippen molar-refractivity contribution in [2.45, 2.75) is 5.92 Å². The minimum atomic E-state index is 0.0463. The predicted octanol–water partition coefficient (Wildman–Crippen LogP) is 2.53. The minimum absolute atomic E-state index is 0.0463. The van der Waals surface area contributed by atoms with Gasteiger partial charge in [0.15, 0.2) is 0 Å². The maximum absolute atomic E-state index is 7.43. The van der Waals surface area contributed by atoms with Crippen LogP contribution < -0.4 is 15.2 Å². The molecular weight excluding hydrogens is 252 g/mol. The number of benzene rings is 2. The van der Waals surface area contributed by atoms with Gasteiger partial charge in [-0.3, -0.25) is 5.41 Å². The molecule has 1 unspecified atom stereocenters. The maximum Gasteiger partial charge on any atom is 0.123 e. The van der Waals surface area contributed by atoms with E-state index in [1.807, 2.05) is 30.3 Å². The van der Waals surface area contributed by atoms with Crippen molar-refractivity contribution in [3.63, 3.8) is 0 Å². The molecule has 1 aliphatic rings. The number of para-hydroxylation sites is 1. The van der Waals surface area contributed by atoms with Gasteiger partial charge >= 0.3 is 0 Å². The van der Waals surface area contributed by atoms with Crippen LogP contribution in [0.25, 0.3) is 0 Å². The number of hydrogen-bond donors (Lipinski definition) is 2. The summed E-state index contributed by atoms with van der Waals surface area (Å²) in [4.78, 5) is 0. The van der Waals surface area contributed by atoms with Crippen molar-refractivity contribution in [2.75, 3.05) is 13.2 Å². The fourth-order valence-corrected chi connectivity index (χ4v) is 2.32. The molecule has 2 aromatic carbocycles. The van der Waals surface area contributed by atoms with Gasteiger partial charge in [-0.15, -0.1) is 0 Å². The second-order valence-corrected chi connectivity index (χ2v) is 4.80. The molecule has 4 nitrogen and oxygen atoms in total. The Kier molecular flexibility index (Phi) is 3.29. The molecule has 0 spiro atoms. The number of rotatable bonds is 4. The van der Waals surface area contributed by atoms with E-state index in [-0.39, 0.29) is 11.8 Å². The van der Waals surface area contributed by atoms with Gasteiger partial charge in [0.2, 0.25) is 0 Å². The van der Waals surface area contributed by atoms with E-state index in [1.165, 1.54) is 5.56 Å². The third-order valence-electron chi connectivity index (χ3n) is 3.40. The number of hydrogen-bond acceptors (Lipinski definition) is 3. The van der Waals surface area contributed by atoms with Crippen molar-refractivity contribution in [1.29, 1.82) is 5.41 Å².